The van der Waals surface area contributed by atoms with Gasteiger partial charge in [-0.25, -0.2) is 0 Å². The minimum atomic E-state index is -0.526. The molecule has 0 aliphatic carbocycles. The summed E-state index contributed by atoms with van der Waals surface area (Å²) in [5.74, 6) is -0.526. The summed E-state index contributed by atoms with van der Waals surface area (Å²) in [5.41, 5.74) is 1.20. The largest absolute Gasteiger partial charge is 0.342 e. The zero-order chi connectivity index (χ0) is 13.3. The first-order valence-electron chi connectivity index (χ1n) is 6.67. The van der Waals surface area contributed by atoms with E-state index >= 15 is 0 Å². The van der Waals surface area contributed by atoms with E-state index in [1.807, 2.05) is 38.3 Å². The Kier molecular flexibility index (Phi) is 3.39. The highest BCUT2D eigenvalue weighted by Crippen LogP contribution is 2.36. The molecule has 0 spiro atoms. The number of hydrogen-bond donors (Lipinski definition) is 0. The van der Waals surface area contributed by atoms with Crippen molar-refractivity contribution in [1.29, 1.82) is 0 Å². The molecule has 0 aromatic heterocycles. The van der Waals surface area contributed by atoms with E-state index in [0.29, 0.717) is 6.54 Å². The van der Waals surface area contributed by atoms with E-state index in [0.717, 1.165) is 6.42 Å². The van der Waals surface area contributed by atoms with E-state index < -0.39 is 5.79 Å². The predicted octanol–water partition coefficient (Wildman–Crippen LogP) is 2.52. The Hall–Kier alpha value is -1.23. The lowest BCUT2D eigenvalue weighted by Gasteiger charge is -2.19. The third kappa shape index (κ3) is 3.03. The van der Waals surface area contributed by atoms with Crippen LogP contribution in [0, 0.1) is 0 Å². The quantitative estimate of drug-likeness (QED) is 0.785. The van der Waals surface area contributed by atoms with Gasteiger partial charge in [0.05, 0.1) is 12.6 Å². The molecule has 3 atom stereocenters. The average Bonchev–Trinajstić information content (AvgIpc) is 2.83. The maximum Gasteiger partial charge on any atom is 0.188 e. The molecule has 0 bridgehead atoms. The van der Waals surface area contributed by atoms with Crippen LogP contribution in [0.4, 0.5) is 0 Å². The molecule has 1 aromatic carbocycles. The highest BCUT2D eigenvalue weighted by molar-refractivity contribution is 5.63. The molecule has 0 saturated carbocycles. The van der Waals surface area contributed by atoms with Crippen molar-refractivity contribution < 1.29 is 14.2 Å². The van der Waals surface area contributed by atoms with Crippen LogP contribution >= 0.6 is 0 Å². The van der Waals surface area contributed by atoms with Gasteiger partial charge in [0.25, 0.3) is 0 Å². The van der Waals surface area contributed by atoms with Gasteiger partial charge >= 0.3 is 0 Å². The second-order valence-electron chi connectivity index (χ2n) is 5.43. The fraction of sp³-hybridized carbons (Fsp3) is 0.533. The molecular weight excluding hydrogens is 242 g/mol. The first-order valence-corrected chi connectivity index (χ1v) is 6.67. The fourth-order valence-electron chi connectivity index (χ4n) is 2.49. The monoisotopic (exact) mass is 261 g/mol. The van der Waals surface area contributed by atoms with Crippen LogP contribution in [0.2, 0.25) is 0 Å². The number of nitrogens with zero attached hydrogens (tertiary/aromatic N) is 1. The van der Waals surface area contributed by atoms with Crippen molar-refractivity contribution in [2.45, 2.75) is 51.1 Å². The molecule has 2 aliphatic heterocycles. The molecule has 2 heterocycles. The Balaban J connectivity index is 1.51. The number of benzene rings is 1. The van der Waals surface area contributed by atoms with E-state index in [1.165, 1.54) is 5.56 Å². The highest BCUT2D eigenvalue weighted by Gasteiger charge is 2.48. The van der Waals surface area contributed by atoms with Gasteiger partial charge < -0.3 is 14.2 Å². The second kappa shape index (κ2) is 5.04. The molecule has 1 aromatic rings. The number of rotatable bonds is 3. The smallest absolute Gasteiger partial charge is 0.188 e. The molecule has 4 nitrogen and oxygen atoms in total. The first-order chi connectivity index (χ1) is 9.12. The van der Waals surface area contributed by atoms with Gasteiger partial charge in [-0.3, -0.25) is 4.99 Å². The van der Waals surface area contributed by atoms with Crippen molar-refractivity contribution in [2.24, 2.45) is 4.99 Å². The van der Waals surface area contributed by atoms with Crippen LogP contribution in [0.3, 0.4) is 0 Å². The van der Waals surface area contributed by atoms with Crippen molar-refractivity contribution in [3.05, 3.63) is 35.9 Å². The second-order valence-corrected chi connectivity index (χ2v) is 5.43. The molecule has 2 saturated heterocycles. The van der Waals surface area contributed by atoms with Crippen molar-refractivity contribution in [3.8, 4) is 0 Å². The summed E-state index contributed by atoms with van der Waals surface area (Å²) in [6.45, 7) is 4.50. The SMILES string of the molecule is CC1(C)O[C@H]2O[C@H](C=NCc3ccccc3)C[C@H]2O1. The van der Waals surface area contributed by atoms with Crippen molar-refractivity contribution in [2.75, 3.05) is 0 Å². The molecule has 0 radical (unpaired) electrons. The number of fused-ring (bicyclic) bond motifs is 1. The number of hydrogen-bond acceptors (Lipinski definition) is 4. The Morgan fingerprint density at radius 2 is 2.05 bits per heavy atom. The summed E-state index contributed by atoms with van der Waals surface area (Å²) >= 11 is 0. The van der Waals surface area contributed by atoms with E-state index in [9.17, 15) is 0 Å². The lowest BCUT2D eigenvalue weighted by atomic mass is 10.2. The molecule has 2 aliphatic rings. The molecule has 0 N–H and O–H groups in total. The molecule has 19 heavy (non-hydrogen) atoms. The normalized spacial score (nSPS) is 32.8. The Morgan fingerprint density at radius 1 is 1.26 bits per heavy atom. The lowest BCUT2D eigenvalue weighted by Crippen LogP contribution is -2.25. The maximum atomic E-state index is 5.76. The zero-order valence-corrected chi connectivity index (χ0v) is 11.3. The molecule has 3 rings (SSSR count). The van der Waals surface area contributed by atoms with Gasteiger partial charge in [-0.2, -0.15) is 0 Å². The van der Waals surface area contributed by atoms with Gasteiger partial charge in [-0.1, -0.05) is 30.3 Å². The third-order valence-electron chi connectivity index (χ3n) is 3.30. The van der Waals surface area contributed by atoms with Crippen LogP contribution in [-0.4, -0.2) is 30.5 Å². The number of ether oxygens (including phenoxy) is 3. The highest BCUT2D eigenvalue weighted by atomic mass is 16.8. The topological polar surface area (TPSA) is 40.0 Å². The first kappa shape index (κ1) is 12.8. The predicted molar refractivity (Wildman–Crippen MR) is 72.0 cm³/mol. The van der Waals surface area contributed by atoms with Crippen LogP contribution < -0.4 is 0 Å². The summed E-state index contributed by atoms with van der Waals surface area (Å²) in [4.78, 5) is 4.43. The minimum absolute atomic E-state index is 0.00480. The van der Waals surface area contributed by atoms with Crippen LogP contribution in [0.25, 0.3) is 0 Å². The van der Waals surface area contributed by atoms with Crippen molar-refractivity contribution in [1.82, 2.24) is 0 Å². The van der Waals surface area contributed by atoms with Gasteiger partial charge in [-0.05, 0) is 19.4 Å². The standard InChI is InChI=1S/C15H19NO3/c1-15(2)18-13-8-12(17-14(13)19-15)10-16-9-11-6-4-3-5-7-11/h3-7,10,12-14H,8-9H2,1-2H3/t12-,13+,14+/m0/s1. The summed E-state index contributed by atoms with van der Waals surface area (Å²) in [5, 5.41) is 0. The third-order valence-corrected chi connectivity index (χ3v) is 3.30. The Morgan fingerprint density at radius 3 is 2.79 bits per heavy atom. The zero-order valence-electron chi connectivity index (χ0n) is 11.3. The van der Waals surface area contributed by atoms with Gasteiger partial charge in [0, 0.05) is 12.6 Å². The van der Waals surface area contributed by atoms with Gasteiger partial charge in [-0.15, -0.1) is 0 Å². The van der Waals surface area contributed by atoms with E-state index in [4.69, 9.17) is 14.2 Å². The molecule has 2 fully saturated rings. The van der Waals surface area contributed by atoms with Crippen LogP contribution in [0.5, 0.6) is 0 Å². The minimum Gasteiger partial charge on any atom is -0.342 e. The molecule has 4 heteroatoms. The molecule has 0 amide bonds. The molecule has 0 unspecified atom stereocenters. The lowest BCUT2D eigenvalue weighted by molar-refractivity contribution is -0.197. The Bertz CT molecular complexity index is 442. The van der Waals surface area contributed by atoms with Crippen molar-refractivity contribution >= 4 is 6.21 Å². The maximum absolute atomic E-state index is 5.76. The summed E-state index contributed by atoms with van der Waals surface area (Å²) in [6, 6.07) is 10.2. The van der Waals surface area contributed by atoms with E-state index in [-0.39, 0.29) is 18.5 Å². The van der Waals surface area contributed by atoms with Crippen LogP contribution in [-0.2, 0) is 20.8 Å². The molecular formula is C15H19NO3. The summed E-state index contributed by atoms with van der Waals surface area (Å²) in [7, 11) is 0. The van der Waals surface area contributed by atoms with Crippen molar-refractivity contribution in [3.63, 3.8) is 0 Å². The van der Waals surface area contributed by atoms with Crippen LogP contribution in [0.1, 0.15) is 25.8 Å². The number of aliphatic imine (C=N–C) groups is 1. The van der Waals surface area contributed by atoms with E-state index in [1.54, 1.807) is 0 Å². The Labute approximate surface area is 113 Å². The van der Waals surface area contributed by atoms with Gasteiger partial charge in [0.15, 0.2) is 12.1 Å². The van der Waals surface area contributed by atoms with Gasteiger partial charge in [0.2, 0.25) is 0 Å². The summed E-state index contributed by atoms with van der Waals surface area (Å²) in [6.07, 6.45) is 2.46. The fourth-order valence-corrected chi connectivity index (χ4v) is 2.49. The summed E-state index contributed by atoms with van der Waals surface area (Å²) < 4.78 is 17.2. The van der Waals surface area contributed by atoms with Gasteiger partial charge in [0.1, 0.15) is 6.10 Å². The van der Waals surface area contributed by atoms with E-state index in [2.05, 4.69) is 17.1 Å². The average molecular weight is 261 g/mol. The van der Waals surface area contributed by atoms with Crippen LogP contribution in [0.15, 0.2) is 35.3 Å². The molecule has 102 valence electrons.